The van der Waals surface area contributed by atoms with Gasteiger partial charge in [-0.15, -0.1) is 0 Å². The van der Waals surface area contributed by atoms with E-state index in [-0.39, 0.29) is 5.97 Å². The Balaban J connectivity index is 2.16. The molecule has 0 aromatic heterocycles. The van der Waals surface area contributed by atoms with E-state index in [1.165, 1.54) is 7.11 Å². The molecule has 0 amide bonds. The molecule has 20 heavy (non-hydrogen) atoms. The molecule has 0 bridgehead atoms. The Morgan fingerprint density at radius 1 is 1.05 bits per heavy atom. The molecule has 0 saturated carbocycles. The number of ether oxygens (including phenoxy) is 2. The van der Waals surface area contributed by atoms with Crippen molar-refractivity contribution >= 4 is 5.97 Å². The van der Waals surface area contributed by atoms with Crippen LogP contribution in [-0.2, 0) is 11.3 Å². The van der Waals surface area contributed by atoms with Gasteiger partial charge in [0.15, 0.2) is 0 Å². The Morgan fingerprint density at radius 2 is 1.65 bits per heavy atom. The van der Waals surface area contributed by atoms with E-state index < -0.39 is 0 Å². The Bertz CT molecular complexity index is 580. The zero-order valence-electron chi connectivity index (χ0n) is 12.0. The van der Waals surface area contributed by atoms with Crippen LogP contribution in [0, 0.1) is 13.8 Å². The highest BCUT2D eigenvalue weighted by Crippen LogP contribution is 2.23. The van der Waals surface area contributed by atoms with Crippen LogP contribution in [0.15, 0.2) is 42.5 Å². The van der Waals surface area contributed by atoms with Gasteiger partial charge in [-0.1, -0.05) is 30.3 Å². The van der Waals surface area contributed by atoms with Crippen LogP contribution < -0.4 is 4.74 Å². The van der Waals surface area contributed by atoms with E-state index in [2.05, 4.69) is 0 Å². The molecule has 0 radical (unpaired) electrons. The van der Waals surface area contributed by atoms with Crippen molar-refractivity contribution < 1.29 is 14.3 Å². The zero-order valence-corrected chi connectivity index (χ0v) is 12.0. The van der Waals surface area contributed by atoms with Crippen LogP contribution in [0.5, 0.6) is 5.75 Å². The van der Waals surface area contributed by atoms with Gasteiger partial charge in [-0.2, -0.15) is 0 Å². The highest BCUT2D eigenvalue weighted by atomic mass is 16.5. The summed E-state index contributed by atoms with van der Waals surface area (Å²) in [6.45, 7) is 4.28. The summed E-state index contributed by atoms with van der Waals surface area (Å²) in [4.78, 5) is 11.7. The Morgan fingerprint density at radius 3 is 2.20 bits per heavy atom. The van der Waals surface area contributed by atoms with E-state index in [0.717, 1.165) is 22.4 Å². The number of aryl methyl sites for hydroxylation is 2. The van der Waals surface area contributed by atoms with Crippen LogP contribution in [0.2, 0.25) is 0 Å². The van der Waals surface area contributed by atoms with E-state index in [0.29, 0.717) is 12.2 Å². The molecule has 2 aromatic carbocycles. The average molecular weight is 270 g/mol. The highest BCUT2D eigenvalue weighted by Gasteiger charge is 2.14. The number of methoxy groups -OCH3 is 1. The number of rotatable bonds is 4. The van der Waals surface area contributed by atoms with Crippen LogP contribution in [0.25, 0.3) is 0 Å². The minimum Gasteiger partial charge on any atom is -0.489 e. The zero-order chi connectivity index (χ0) is 14.5. The fourth-order valence-electron chi connectivity index (χ4n) is 2.17. The van der Waals surface area contributed by atoms with Crippen molar-refractivity contribution in [1.82, 2.24) is 0 Å². The molecule has 0 aliphatic carbocycles. The molecule has 0 heterocycles. The lowest BCUT2D eigenvalue weighted by Crippen LogP contribution is -2.07. The van der Waals surface area contributed by atoms with Gasteiger partial charge < -0.3 is 9.47 Å². The number of carbonyl (C=O) groups excluding carboxylic acids is 1. The monoisotopic (exact) mass is 270 g/mol. The molecule has 0 spiro atoms. The molecule has 0 saturated heterocycles. The smallest absolute Gasteiger partial charge is 0.338 e. The minimum atomic E-state index is -0.311. The summed E-state index contributed by atoms with van der Waals surface area (Å²) in [6, 6.07) is 13.7. The second-order valence-electron chi connectivity index (χ2n) is 4.70. The highest BCUT2D eigenvalue weighted by molar-refractivity contribution is 5.92. The lowest BCUT2D eigenvalue weighted by atomic mass is 10.0. The van der Waals surface area contributed by atoms with Gasteiger partial charge in [0.1, 0.15) is 12.4 Å². The second kappa shape index (κ2) is 6.24. The summed E-state index contributed by atoms with van der Waals surface area (Å²) in [6.07, 6.45) is 0. The largest absolute Gasteiger partial charge is 0.489 e. The Kier molecular flexibility index (Phi) is 4.41. The van der Waals surface area contributed by atoms with Gasteiger partial charge in [-0.05, 0) is 42.7 Å². The predicted octanol–water partition coefficient (Wildman–Crippen LogP) is 3.67. The molecule has 0 aliphatic heterocycles. The maximum Gasteiger partial charge on any atom is 0.338 e. The van der Waals surface area contributed by atoms with E-state index in [1.54, 1.807) is 0 Å². The van der Waals surface area contributed by atoms with E-state index in [4.69, 9.17) is 9.47 Å². The molecule has 2 aromatic rings. The van der Waals surface area contributed by atoms with Gasteiger partial charge in [0.05, 0.1) is 12.7 Å². The fourth-order valence-corrected chi connectivity index (χ4v) is 2.17. The third-order valence-corrected chi connectivity index (χ3v) is 3.14. The molecule has 2 rings (SSSR count). The molecular weight excluding hydrogens is 252 g/mol. The van der Waals surface area contributed by atoms with Crippen LogP contribution >= 0.6 is 0 Å². The van der Waals surface area contributed by atoms with Crippen molar-refractivity contribution in [2.75, 3.05) is 7.11 Å². The molecular formula is C17H18O3. The number of hydrogen-bond donors (Lipinski definition) is 0. The third-order valence-electron chi connectivity index (χ3n) is 3.14. The lowest BCUT2D eigenvalue weighted by molar-refractivity contribution is 0.0599. The molecule has 0 atom stereocenters. The molecule has 0 aliphatic rings. The van der Waals surface area contributed by atoms with Crippen LogP contribution in [0.4, 0.5) is 0 Å². The van der Waals surface area contributed by atoms with Crippen LogP contribution in [-0.4, -0.2) is 13.1 Å². The summed E-state index contributed by atoms with van der Waals surface area (Å²) in [5.41, 5.74) is 3.44. The topological polar surface area (TPSA) is 35.5 Å². The van der Waals surface area contributed by atoms with Crippen molar-refractivity contribution in [2.24, 2.45) is 0 Å². The SMILES string of the molecule is COC(=O)c1c(C)cc(OCc2ccccc2)cc1C. The first kappa shape index (κ1) is 14.1. The van der Waals surface area contributed by atoms with Crippen LogP contribution in [0.1, 0.15) is 27.0 Å². The first-order valence-electron chi connectivity index (χ1n) is 6.48. The summed E-state index contributed by atoms with van der Waals surface area (Å²) in [5.74, 6) is 0.450. The molecule has 0 unspecified atom stereocenters. The van der Waals surface area contributed by atoms with Crippen molar-refractivity contribution in [2.45, 2.75) is 20.5 Å². The Hall–Kier alpha value is -2.29. The maximum absolute atomic E-state index is 11.7. The molecule has 0 N–H and O–H groups in total. The number of hydrogen-bond acceptors (Lipinski definition) is 3. The fraction of sp³-hybridized carbons (Fsp3) is 0.235. The standard InChI is InChI=1S/C17H18O3/c1-12-9-15(10-13(2)16(12)17(18)19-3)20-11-14-7-5-4-6-8-14/h4-10H,11H2,1-3H3. The normalized spacial score (nSPS) is 10.2. The van der Waals surface area contributed by atoms with Crippen molar-refractivity contribution in [3.63, 3.8) is 0 Å². The van der Waals surface area contributed by atoms with E-state index >= 15 is 0 Å². The molecule has 3 nitrogen and oxygen atoms in total. The predicted molar refractivity (Wildman–Crippen MR) is 78.0 cm³/mol. The van der Waals surface area contributed by atoms with E-state index in [1.807, 2.05) is 56.3 Å². The summed E-state index contributed by atoms with van der Waals surface area (Å²) < 4.78 is 10.6. The first-order chi connectivity index (χ1) is 9.61. The number of benzene rings is 2. The first-order valence-corrected chi connectivity index (χ1v) is 6.48. The van der Waals surface area contributed by atoms with Gasteiger partial charge in [-0.25, -0.2) is 4.79 Å². The summed E-state index contributed by atoms with van der Waals surface area (Å²) in [5, 5.41) is 0. The summed E-state index contributed by atoms with van der Waals surface area (Å²) >= 11 is 0. The molecule has 0 fully saturated rings. The molecule has 3 heteroatoms. The molecule has 104 valence electrons. The second-order valence-corrected chi connectivity index (χ2v) is 4.70. The van der Waals surface area contributed by atoms with Gasteiger partial charge in [0, 0.05) is 0 Å². The van der Waals surface area contributed by atoms with Gasteiger partial charge in [-0.3, -0.25) is 0 Å². The average Bonchev–Trinajstić information content (AvgIpc) is 2.45. The van der Waals surface area contributed by atoms with Crippen molar-refractivity contribution in [3.05, 3.63) is 64.7 Å². The Labute approximate surface area is 119 Å². The maximum atomic E-state index is 11.7. The van der Waals surface area contributed by atoms with E-state index in [9.17, 15) is 4.79 Å². The number of esters is 1. The van der Waals surface area contributed by atoms with Crippen molar-refractivity contribution in [1.29, 1.82) is 0 Å². The minimum absolute atomic E-state index is 0.311. The van der Waals surface area contributed by atoms with Gasteiger partial charge in [0.2, 0.25) is 0 Å². The number of carbonyl (C=O) groups is 1. The lowest BCUT2D eigenvalue weighted by Gasteiger charge is -2.12. The third kappa shape index (κ3) is 3.18. The summed E-state index contributed by atoms with van der Waals surface area (Å²) in [7, 11) is 1.39. The van der Waals surface area contributed by atoms with Gasteiger partial charge >= 0.3 is 5.97 Å². The van der Waals surface area contributed by atoms with Crippen molar-refractivity contribution in [3.8, 4) is 5.75 Å². The van der Waals surface area contributed by atoms with Gasteiger partial charge in [0.25, 0.3) is 0 Å². The quantitative estimate of drug-likeness (QED) is 0.795. The van der Waals surface area contributed by atoms with Crippen LogP contribution in [0.3, 0.4) is 0 Å².